The van der Waals surface area contributed by atoms with Crippen molar-refractivity contribution in [3.63, 3.8) is 0 Å². The quantitative estimate of drug-likeness (QED) is 0.869. The van der Waals surface area contributed by atoms with Crippen LogP contribution in [0.4, 0.5) is 4.79 Å². The number of amides is 1. The molecule has 1 aromatic carbocycles. The van der Waals surface area contributed by atoms with Gasteiger partial charge in [0, 0.05) is 25.2 Å². The van der Waals surface area contributed by atoms with Crippen LogP contribution >= 0.6 is 0 Å². The second-order valence-electron chi connectivity index (χ2n) is 6.84. The van der Waals surface area contributed by atoms with Crippen molar-refractivity contribution in [1.29, 1.82) is 0 Å². The van der Waals surface area contributed by atoms with Gasteiger partial charge < -0.3 is 15.2 Å². The van der Waals surface area contributed by atoms with Gasteiger partial charge in [0.2, 0.25) is 0 Å². The Morgan fingerprint density at radius 1 is 1.24 bits per heavy atom. The monoisotopic (exact) mass is 345 g/mol. The van der Waals surface area contributed by atoms with Gasteiger partial charge in [0.1, 0.15) is 11.6 Å². The van der Waals surface area contributed by atoms with E-state index in [1.54, 1.807) is 31.6 Å². The average Bonchev–Trinajstić information content (AvgIpc) is 2.92. The zero-order valence-electron chi connectivity index (χ0n) is 14.8. The van der Waals surface area contributed by atoms with Crippen molar-refractivity contribution in [2.75, 3.05) is 0 Å². The molecule has 0 radical (unpaired) electrons. The number of aromatic nitrogens is 2. The molecule has 0 saturated carbocycles. The number of nitrogens with one attached hydrogen (secondary N) is 1. The first-order valence-electron chi connectivity index (χ1n) is 7.94. The summed E-state index contributed by atoms with van der Waals surface area (Å²) in [5, 5.41) is 15.9. The number of carbonyl (C=O) groups excluding carboxylic acids is 1. The molecule has 1 aromatic heterocycles. The van der Waals surface area contributed by atoms with E-state index in [4.69, 9.17) is 4.74 Å². The number of ether oxygens (including phenoxy) is 1. The first-order chi connectivity index (χ1) is 11.6. The fourth-order valence-electron chi connectivity index (χ4n) is 2.29. The van der Waals surface area contributed by atoms with Crippen LogP contribution in [0.3, 0.4) is 0 Å². The molecule has 0 aliphatic carbocycles. The van der Waals surface area contributed by atoms with E-state index in [-0.39, 0.29) is 6.42 Å². The number of hydrogen-bond donors (Lipinski definition) is 2. The summed E-state index contributed by atoms with van der Waals surface area (Å²) in [5.74, 6) is -1.11. The van der Waals surface area contributed by atoms with Crippen molar-refractivity contribution in [2.45, 2.75) is 38.8 Å². The Bertz CT molecular complexity index is 744. The molecule has 0 fully saturated rings. The summed E-state index contributed by atoms with van der Waals surface area (Å²) < 4.78 is 6.83. The molecule has 0 spiro atoms. The highest BCUT2D eigenvalue weighted by molar-refractivity contribution is 5.80. The molecule has 1 heterocycles. The van der Waals surface area contributed by atoms with Crippen molar-refractivity contribution >= 4 is 12.1 Å². The van der Waals surface area contributed by atoms with Crippen molar-refractivity contribution in [2.24, 2.45) is 7.05 Å². The van der Waals surface area contributed by atoms with Gasteiger partial charge in [-0.1, -0.05) is 24.3 Å². The second kappa shape index (κ2) is 7.38. The molecule has 1 amide bonds. The SMILES string of the molecule is Cn1cc(-c2ccc(CC(NC(=O)OC(C)(C)C)C(=O)O)cc2)cn1. The largest absolute Gasteiger partial charge is 0.480 e. The summed E-state index contributed by atoms with van der Waals surface area (Å²) in [4.78, 5) is 23.2. The lowest BCUT2D eigenvalue weighted by Crippen LogP contribution is -2.44. The van der Waals surface area contributed by atoms with Crippen LogP contribution < -0.4 is 5.32 Å². The number of carbonyl (C=O) groups is 2. The van der Waals surface area contributed by atoms with E-state index in [9.17, 15) is 14.7 Å². The number of carboxylic acid groups (broad SMARTS) is 1. The average molecular weight is 345 g/mol. The van der Waals surface area contributed by atoms with Gasteiger partial charge in [0.15, 0.2) is 0 Å². The van der Waals surface area contributed by atoms with Gasteiger partial charge in [0.05, 0.1) is 6.20 Å². The Hall–Kier alpha value is -2.83. The molecule has 1 unspecified atom stereocenters. The highest BCUT2D eigenvalue weighted by Crippen LogP contribution is 2.19. The third-order valence-electron chi connectivity index (χ3n) is 3.42. The highest BCUT2D eigenvalue weighted by atomic mass is 16.6. The minimum atomic E-state index is -1.11. The molecule has 7 heteroatoms. The van der Waals surface area contributed by atoms with Crippen LogP contribution in [0.2, 0.25) is 0 Å². The van der Waals surface area contributed by atoms with Crippen molar-refractivity contribution < 1.29 is 19.4 Å². The lowest BCUT2D eigenvalue weighted by molar-refractivity contribution is -0.139. The molecular weight excluding hydrogens is 322 g/mol. The Morgan fingerprint density at radius 2 is 1.88 bits per heavy atom. The van der Waals surface area contributed by atoms with Crippen molar-refractivity contribution in [3.05, 3.63) is 42.2 Å². The first kappa shape index (κ1) is 18.5. The summed E-state index contributed by atoms with van der Waals surface area (Å²) in [6, 6.07) is 6.43. The van der Waals surface area contributed by atoms with Gasteiger partial charge in [-0.25, -0.2) is 9.59 Å². The Balaban J connectivity index is 2.04. The van der Waals surface area contributed by atoms with Crippen molar-refractivity contribution in [3.8, 4) is 11.1 Å². The van der Waals surface area contributed by atoms with Crippen LogP contribution in [0.5, 0.6) is 0 Å². The van der Waals surface area contributed by atoms with Gasteiger partial charge in [-0.2, -0.15) is 5.10 Å². The zero-order chi connectivity index (χ0) is 18.6. The minimum Gasteiger partial charge on any atom is -0.480 e. The van der Waals surface area contributed by atoms with Gasteiger partial charge in [-0.3, -0.25) is 4.68 Å². The summed E-state index contributed by atoms with van der Waals surface area (Å²) in [7, 11) is 1.84. The van der Waals surface area contributed by atoms with Crippen LogP contribution in [0.15, 0.2) is 36.7 Å². The van der Waals surface area contributed by atoms with Gasteiger partial charge >= 0.3 is 12.1 Å². The molecule has 1 atom stereocenters. The van der Waals surface area contributed by atoms with Crippen LogP contribution in [0, 0.1) is 0 Å². The van der Waals surface area contributed by atoms with Crippen molar-refractivity contribution in [1.82, 2.24) is 15.1 Å². The fraction of sp³-hybridized carbons (Fsp3) is 0.389. The predicted octanol–water partition coefficient (Wildman–Crippen LogP) is 2.61. The third kappa shape index (κ3) is 5.63. The summed E-state index contributed by atoms with van der Waals surface area (Å²) in [6.45, 7) is 5.17. The molecule has 25 heavy (non-hydrogen) atoms. The molecule has 2 rings (SSSR count). The number of benzene rings is 1. The number of aliphatic carboxylic acids is 1. The maximum Gasteiger partial charge on any atom is 0.408 e. The van der Waals surface area contributed by atoms with Gasteiger partial charge in [-0.15, -0.1) is 0 Å². The predicted molar refractivity (Wildman–Crippen MR) is 93.1 cm³/mol. The molecule has 2 aromatic rings. The fourth-order valence-corrected chi connectivity index (χ4v) is 2.29. The smallest absolute Gasteiger partial charge is 0.408 e. The standard InChI is InChI=1S/C18H23N3O4/c1-18(2,3)25-17(24)20-15(16(22)23)9-12-5-7-13(8-6-12)14-10-19-21(4)11-14/h5-8,10-11,15H,9H2,1-4H3,(H,20,24)(H,22,23). The number of hydrogen-bond acceptors (Lipinski definition) is 4. The van der Waals surface area contributed by atoms with Gasteiger partial charge in [-0.05, 0) is 31.9 Å². The van der Waals surface area contributed by atoms with Crippen LogP contribution in [0.25, 0.3) is 11.1 Å². The maximum absolute atomic E-state index is 11.8. The molecule has 0 aliphatic heterocycles. The molecule has 2 N–H and O–H groups in total. The topological polar surface area (TPSA) is 93.5 Å². The van der Waals surface area contributed by atoms with E-state index in [0.29, 0.717) is 0 Å². The maximum atomic E-state index is 11.8. The summed E-state index contributed by atoms with van der Waals surface area (Å²) >= 11 is 0. The first-order valence-corrected chi connectivity index (χ1v) is 7.94. The van der Waals surface area contributed by atoms with E-state index in [1.807, 2.05) is 37.5 Å². The molecule has 0 aliphatic rings. The summed E-state index contributed by atoms with van der Waals surface area (Å²) in [6.07, 6.45) is 3.09. The van der Waals surface area contributed by atoms with E-state index >= 15 is 0 Å². The molecule has 0 bridgehead atoms. The number of rotatable bonds is 5. The number of alkyl carbamates (subject to hydrolysis) is 1. The van der Waals surface area contributed by atoms with Crippen LogP contribution in [0.1, 0.15) is 26.3 Å². The lowest BCUT2D eigenvalue weighted by Gasteiger charge is -2.22. The molecule has 7 nitrogen and oxygen atoms in total. The molecule has 134 valence electrons. The molecular formula is C18H23N3O4. The van der Waals surface area contributed by atoms with E-state index in [2.05, 4.69) is 10.4 Å². The Kier molecular flexibility index (Phi) is 5.46. The molecule has 0 saturated heterocycles. The highest BCUT2D eigenvalue weighted by Gasteiger charge is 2.24. The Morgan fingerprint density at radius 3 is 2.36 bits per heavy atom. The third-order valence-corrected chi connectivity index (χ3v) is 3.42. The summed E-state index contributed by atoms with van der Waals surface area (Å²) in [5.41, 5.74) is 2.09. The van der Waals surface area contributed by atoms with Crippen LogP contribution in [-0.4, -0.2) is 38.6 Å². The van der Waals surface area contributed by atoms with E-state index in [1.165, 1.54) is 0 Å². The van der Waals surface area contributed by atoms with Gasteiger partial charge in [0.25, 0.3) is 0 Å². The Labute approximate surface area is 146 Å². The van der Waals surface area contributed by atoms with E-state index in [0.717, 1.165) is 16.7 Å². The number of carboxylic acids is 1. The zero-order valence-corrected chi connectivity index (χ0v) is 14.8. The van der Waals surface area contributed by atoms with Crippen LogP contribution in [-0.2, 0) is 23.0 Å². The lowest BCUT2D eigenvalue weighted by atomic mass is 10.0. The number of aryl methyl sites for hydroxylation is 1. The van der Waals surface area contributed by atoms with E-state index < -0.39 is 23.7 Å². The second-order valence-corrected chi connectivity index (χ2v) is 6.84. The minimum absolute atomic E-state index is 0.169. The normalized spacial score (nSPS) is 12.5. The number of nitrogens with zero attached hydrogens (tertiary/aromatic N) is 2.